The van der Waals surface area contributed by atoms with E-state index in [-0.39, 0.29) is 5.91 Å². The fourth-order valence-corrected chi connectivity index (χ4v) is 4.61. The number of piperidine rings is 1. The third-order valence-corrected chi connectivity index (χ3v) is 6.74. The van der Waals surface area contributed by atoms with Crippen LogP contribution in [0.2, 0.25) is 0 Å². The summed E-state index contributed by atoms with van der Waals surface area (Å²) in [6.07, 6.45) is -0.0715. The normalized spacial score (nSPS) is 14.9. The Hall–Kier alpha value is -2.92. The highest BCUT2D eigenvalue weighted by molar-refractivity contribution is 7.09. The number of hydrogen-bond donors (Lipinski definition) is 1. The number of rotatable bonds is 4. The van der Waals surface area contributed by atoms with Gasteiger partial charge in [0.1, 0.15) is 0 Å². The lowest BCUT2D eigenvalue weighted by atomic mass is 10.0. The Bertz CT molecular complexity index is 1150. The Morgan fingerprint density at radius 1 is 1.24 bits per heavy atom. The molecule has 0 saturated carbocycles. The van der Waals surface area contributed by atoms with E-state index < -0.39 is 12.1 Å². The van der Waals surface area contributed by atoms with E-state index in [1.165, 1.54) is 0 Å². The fraction of sp³-hybridized carbons (Fsp3) is 0.435. The van der Waals surface area contributed by atoms with Crippen LogP contribution in [-0.2, 0) is 11.2 Å². The highest BCUT2D eigenvalue weighted by Crippen LogP contribution is 2.29. The molecule has 1 N–H and O–H groups in total. The van der Waals surface area contributed by atoms with Gasteiger partial charge in [0, 0.05) is 30.7 Å². The van der Waals surface area contributed by atoms with Crippen LogP contribution in [0.15, 0.2) is 35.8 Å². The van der Waals surface area contributed by atoms with Gasteiger partial charge in [-0.15, -0.1) is 11.3 Å². The molecule has 1 amide bonds. The van der Waals surface area contributed by atoms with E-state index in [2.05, 4.69) is 35.7 Å². The van der Waals surface area contributed by atoms with Crippen LogP contribution in [0.3, 0.4) is 0 Å². The number of aryl methyl sites for hydroxylation is 1. The number of carbonyl (C=O) groups excluding carboxylic acids is 1. The number of likely N-dealkylation sites (tertiary alicyclic amines) is 1. The van der Waals surface area contributed by atoms with Gasteiger partial charge in [0.15, 0.2) is 0 Å². The van der Waals surface area contributed by atoms with Crippen LogP contribution in [0.25, 0.3) is 16.9 Å². The first-order valence-electron chi connectivity index (χ1n) is 10.8. The third-order valence-electron chi connectivity index (χ3n) is 5.75. The molecule has 1 aliphatic rings. The van der Waals surface area contributed by atoms with E-state index in [4.69, 9.17) is 14.9 Å². The molecular formula is C23H27F3N4O3S. The van der Waals surface area contributed by atoms with E-state index >= 15 is 0 Å². The quantitative estimate of drug-likeness (QED) is 0.579. The summed E-state index contributed by atoms with van der Waals surface area (Å²) in [7, 11) is 4.24. The maximum atomic E-state index is 13.3. The number of halogens is 3. The second kappa shape index (κ2) is 10.6. The number of aliphatic carboxylic acids is 1. The van der Waals surface area contributed by atoms with Gasteiger partial charge >= 0.3 is 12.1 Å². The zero-order valence-electron chi connectivity index (χ0n) is 19.2. The van der Waals surface area contributed by atoms with Gasteiger partial charge < -0.3 is 19.3 Å². The molecule has 1 aliphatic heterocycles. The Kier molecular flexibility index (Phi) is 7.98. The van der Waals surface area contributed by atoms with Gasteiger partial charge in [0.2, 0.25) is 0 Å². The van der Waals surface area contributed by atoms with E-state index in [0.717, 1.165) is 59.8 Å². The number of alkyl halides is 3. The minimum absolute atomic E-state index is 0.133. The summed E-state index contributed by atoms with van der Waals surface area (Å²) >= 11 is 1.68. The minimum atomic E-state index is -5.08. The van der Waals surface area contributed by atoms with Crippen molar-refractivity contribution in [3.05, 3.63) is 46.4 Å². The largest absolute Gasteiger partial charge is 0.490 e. The Labute approximate surface area is 199 Å². The van der Waals surface area contributed by atoms with Gasteiger partial charge in [-0.3, -0.25) is 4.79 Å². The highest BCUT2D eigenvalue weighted by Gasteiger charge is 2.38. The summed E-state index contributed by atoms with van der Waals surface area (Å²) in [4.78, 5) is 31.2. The summed E-state index contributed by atoms with van der Waals surface area (Å²) < 4.78 is 33.8. The molecule has 0 aliphatic carbocycles. The van der Waals surface area contributed by atoms with Crippen molar-refractivity contribution in [1.82, 2.24) is 19.2 Å². The topological polar surface area (TPSA) is 78.2 Å². The number of hydrogen-bond acceptors (Lipinski definition) is 5. The molecular weight excluding hydrogens is 469 g/mol. The summed E-state index contributed by atoms with van der Waals surface area (Å²) in [5, 5.41) is 10.3. The standard InChI is InChI=1S/C21H26N4OS.C2HF3O2/c1-4-20-22-17(14-27-20)19-13-16(18-7-5-6-10-25(18)19)21(26)24-11-8-15(9-12-24)23(2)3;3-2(4,5)1(6)7/h5-7,10,13-15H,4,8-9,11-12H2,1-3H3;(H,6,7). The van der Waals surface area contributed by atoms with Crippen molar-refractivity contribution >= 4 is 28.7 Å². The van der Waals surface area contributed by atoms with Crippen LogP contribution in [-0.4, -0.2) is 75.6 Å². The number of carbonyl (C=O) groups is 2. The molecule has 4 heterocycles. The van der Waals surface area contributed by atoms with Crippen molar-refractivity contribution in [2.75, 3.05) is 27.2 Å². The highest BCUT2D eigenvalue weighted by atomic mass is 32.1. The maximum Gasteiger partial charge on any atom is 0.490 e. The SMILES string of the molecule is CCc1nc(-c2cc(C(=O)N3CCC(N(C)C)CC3)c3ccccn23)cs1.O=C(O)C(F)(F)F. The fourth-order valence-electron chi connectivity index (χ4n) is 3.87. The number of nitrogens with zero attached hydrogens (tertiary/aromatic N) is 4. The molecule has 3 aromatic rings. The molecule has 0 bridgehead atoms. The van der Waals surface area contributed by atoms with Crippen molar-refractivity contribution in [3.8, 4) is 11.4 Å². The molecule has 0 spiro atoms. The van der Waals surface area contributed by atoms with E-state index in [1.54, 1.807) is 11.3 Å². The van der Waals surface area contributed by atoms with Crippen molar-refractivity contribution < 1.29 is 27.9 Å². The molecule has 1 saturated heterocycles. The van der Waals surface area contributed by atoms with E-state index in [0.29, 0.717) is 6.04 Å². The summed E-state index contributed by atoms with van der Waals surface area (Å²) in [5.41, 5.74) is 3.68. The number of pyridine rings is 1. The number of thiazole rings is 1. The molecule has 34 heavy (non-hydrogen) atoms. The zero-order valence-corrected chi connectivity index (χ0v) is 20.0. The van der Waals surface area contributed by atoms with Crippen molar-refractivity contribution in [2.45, 2.75) is 38.4 Å². The van der Waals surface area contributed by atoms with Crippen molar-refractivity contribution in [3.63, 3.8) is 0 Å². The molecule has 0 atom stereocenters. The van der Waals surface area contributed by atoms with Gasteiger partial charge in [0.25, 0.3) is 5.91 Å². The molecule has 3 aromatic heterocycles. The maximum absolute atomic E-state index is 13.3. The van der Waals surface area contributed by atoms with E-state index in [9.17, 15) is 18.0 Å². The predicted octanol–water partition coefficient (Wildman–Crippen LogP) is 4.42. The third kappa shape index (κ3) is 5.76. The summed E-state index contributed by atoms with van der Waals surface area (Å²) in [6.45, 7) is 3.75. The Morgan fingerprint density at radius 2 is 1.88 bits per heavy atom. The first-order chi connectivity index (χ1) is 16.0. The average molecular weight is 497 g/mol. The van der Waals surface area contributed by atoms with Crippen LogP contribution < -0.4 is 0 Å². The smallest absolute Gasteiger partial charge is 0.475 e. The van der Waals surface area contributed by atoms with Crippen molar-refractivity contribution in [1.29, 1.82) is 0 Å². The summed E-state index contributed by atoms with van der Waals surface area (Å²) in [6, 6.07) is 8.60. The van der Waals surface area contributed by atoms with Gasteiger partial charge in [0.05, 0.1) is 27.5 Å². The molecule has 11 heteroatoms. The van der Waals surface area contributed by atoms with Gasteiger partial charge in [-0.25, -0.2) is 9.78 Å². The lowest BCUT2D eigenvalue weighted by Crippen LogP contribution is -2.44. The van der Waals surface area contributed by atoms with Crippen LogP contribution >= 0.6 is 11.3 Å². The van der Waals surface area contributed by atoms with Crippen LogP contribution in [0.1, 0.15) is 35.1 Å². The first-order valence-corrected chi connectivity index (χ1v) is 11.7. The number of carboxylic acids is 1. The van der Waals surface area contributed by atoms with Gasteiger partial charge in [-0.1, -0.05) is 13.0 Å². The van der Waals surface area contributed by atoms with E-state index in [1.807, 2.05) is 35.4 Å². The molecule has 0 radical (unpaired) electrons. The number of aromatic nitrogens is 2. The molecule has 0 aromatic carbocycles. The second-order valence-electron chi connectivity index (χ2n) is 8.17. The average Bonchev–Trinajstić information content (AvgIpc) is 3.43. The van der Waals surface area contributed by atoms with Gasteiger partial charge in [-0.2, -0.15) is 13.2 Å². The first kappa shape index (κ1) is 25.7. The molecule has 184 valence electrons. The molecule has 4 rings (SSSR count). The summed E-state index contributed by atoms with van der Waals surface area (Å²) in [5.74, 6) is -2.62. The number of carboxylic acid groups (broad SMARTS) is 1. The minimum Gasteiger partial charge on any atom is -0.475 e. The predicted molar refractivity (Wildman–Crippen MR) is 124 cm³/mol. The monoisotopic (exact) mass is 496 g/mol. The van der Waals surface area contributed by atoms with Crippen LogP contribution in [0.4, 0.5) is 13.2 Å². The lowest BCUT2D eigenvalue weighted by molar-refractivity contribution is -0.192. The Morgan fingerprint density at radius 3 is 2.41 bits per heavy atom. The number of amides is 1. The molecule has 1 fully saturated rings. The number of fused-ring (bicyclic) bond motifs is 1. The second-order valence-corrected chi connectivity index (χ2v) is 9.11. The molecule has 7 nitrogen and oxygen atoms in total. The Balaban J connectivity index is 0.000000406. The van der Waals surface area contributed by atoms with Crippen molar-refractivity contribution in [2.24, 2.45) is 0 Å². The zero-order chi connectivity index (χ0) is 25.0. The van der Waals surface area contributed by atoms with Gasteiger partial charge in [-0.05, 0) is 51.6 Å². The molecule has 0 unspecified atom stereocenters. The van der Waals surface area contributed by atoms with Crippen LogP contribution in [0, 0.1) is 0 Å². The van der Waals surface area contributed by atoms with Crippen LogP contribution in [0.5, 0.6) is 0 Å². The lowest BCUT2D eigenvalue weighted by Gasteiger charge is -2.35.